The van der Waals surface area contributed by atoms with Gasteiger partial charge in [0.15, 0.2) is 5.76 Å². The highest BCUT2D eigenvalue weighted by Gasteiger charge is 2.10. The molecule has 124 valence electrons. The number of benzene rings is 1. The van der Waals surface area contributed by atoms with E-state index in [-0.39, 0.29) is 19.0 Å². The Kier molecular flexibility index (Phi) is 3.91. The number of nitrogens with zero attached hydrogens (tertiary/aromatic N) is 5. The third-order valence-electron chi connectivity index (χ3n) is 3.56. The molecule has 25 heavy (non-hydrogen) atoms. The van der Waals surface area contributed by atoms with Crippen molar-refractivity contribution in [2.45, 2.75) is 13.1 Å². The fourth-order valence-corrected chi connectivity index (χ4v) is 2.38. The van der Waals surface area contributed by atoms with Gasteiger partial charge < -0.3 is 9.84 Å². The average molecular weight is 334 g/mol. The highest BCUT2D eigenvalue weighted by Crippen LogP contribution is 2.15. The van der Waals surface area contributed by atoms with Crippen molar-refractivity contribution in [3.8, 4) is 11.4 Å². The summed E-state index contributed by atoms with van der Waals surface area (Å²) in [7, 11) is 0. The van der Waals surface area contributed by atoms with Crippen LogP contribution >= 0.6 is 0 Å². The van der Waals surface area contributed by atoms with Gasteiger partial charge >= 0.3 is 0 Å². The second-order valence-electron chi connectivity index (χ2n) is 5.39. The third-order valence-corrected chi connectivity index (χ3v) is 3.56. The standard InChI is InChI=1S/C17H14N6O2/c24-17(11-23-20-14-6-1-2-7-15(14)21-23)19-10-12-9-16(22-25-12)13-5-3-4-8-18-13/h1-9H,10-11H2,(H,19,24). The molecular weight excluding hydrogens is 320 g/mol. The Morgan fingerprint density at radius 2 is 1.80 bits per heavy atom. The summed E-state index contributed by atoms with van der Waals surface area (Å²) in [5.74, 6) is 0.337. The molecule has 0 fully saturated rings. The van der Waals surface area contributed by atoms with Crippen molar-refractivity contribution in [2.24, 2.45) is 0 Å². The topological polar surface area (TPSA) is 98.7 Å². The zero-order chi connectivity index (χ0) is 17.1. The molecule has 8 nitrogen and oxygen atoms in total. The van der Waals surface area contributed by atoms with Crippen LogP contribution in [0.2, 0.25) is 0 Å². The molecule has 0 aliphatic rings. The Morgan fingerprint density at radius 3 is 2.52 bits per heavy atom. The summed E-state index contributed by atoms with van der Waals surface area (Å²) in [6.45, 7) is 0.273. The lowest BCUT2D eigenvalue weighted by molar-refractivity contribution is -0.122. The maximum atomic E-state index is 12.1. The molecule has 0 bridgehead atoms. The van der Waals surface area contributed by atoms with E-state index in [4.69, 9.17) is 4.52 Å². The summed E-state index contributed by atoms with van der Waals surface area (Å²) >= 11 is 0. The first-order valence-electron chi connectivity index (χ1n) is 7.71. The number of amides is 1. The molecule has 4 aromatic rings. The van der Waals surface area contributed by atoms with Gasteiger partial charge in [-0.2, -0.15) is 15.0 Å². The van der Waals surface area contributed by atoms with E-state index < -0.39 is 0 Å². The van der Waals surface area contributed by atoms with Crippen molar-refractivity contribution < 1.29 is 9.32 Å². The van der Waals surface area contributed by atoms with Crippen molar-refractivity contribution in [2.75, 3.05) is 0 Å². The molecule has 0 aliphatic carbocycles. The molecule has 0 radical (unpaired) electrons. The SMILES string of the molecule is O=C(Cn1nc2ccccc2n1)NCc1cc(-c2ccccn2)no1. The maximum absolute atomic E-state index is 12.1. The van der Waals surface area contributed by atoms with Gasteiger partial charge in [-0.1, -0.05) is 23.4 Å². The quantitative estimate of drug-likeness (QED) is 0.597. The number of rotatable bonds is 5. The molecule has 4 rings (SSSR count). The van der Waals surface area contributed by atoms with Crippen molar-refractivity contribution in [1.82, 2.24) is 30.5 Å². The third kappa shape index (κ3) is 3.37. The van der Waals surface area contributed by atoms with Crippen molar-refractivity contribution in [3.63, 3.8) is 0 Å². The minimum atomic E-state index is -0.212. The average Bonchev–Trinajstić information content (AvgIpc) is 3.27. The second-order valence-corrected chi connectivity index (χ2v) is 5.39. The van der Waals surface area contributed by atoms with Gasteiger partial charge in [-0.25, -0.2) is 0 Å². The highest BCUT2D eigenvalue weighted by atomic mass is 16.5. The van der Waals surface area contributed by atoms with Gasteiger partial charge in [0, 0.05) is 12.3 Å². The molecule has 0 atom stereocenters. The van der Waals surface area contributed by atoms with E-state index in [1.54, 1.807) is 12.3 Å². The van der Waals surface area contributed by atoms with Crippen LogP contribution in [-0.2, 0) is 17.9 Å². The summed E-state index contributed by atoms with van der Waals surface area (Å²) in [6, 6.07) is 14.8. The van der Waals surface area contributed by atoms with Crippen LogP contribution in [0.25, 0.3) is 22.4 Å². The van der Waals surface area contributed by atoms with E-state index in [9.17, 15) is 4.79 Å². The van der Waals surface area contributed by atoms with Crippen molar-refractivity contribution in [3.05, 3.63) is 60.5 Å². The minimum Gasteiger partial charge on any atom is -0.359 e. The van der Waals surface area contributed by atoms with E-state index >= 15 is 0 Å². The predicted molar refractivity (Wildman–Crippen MR) is 89.1 cm³/mol. The number of hydrogen-bond donors (Lipinski definition) is 1. The molecule has 0 saturated carbocycles. The van der Waals surface area contributed by atoms with Gasteiger partial charge in [-0.15, -0.1) is 0 Å². The Bertz CT molecular complexity index is 975. The zero-order valence-electron chi connectivity index (χ0n) is 13.2. The molecule has 1 aromatic carbocycles. The Hall–Kier alpha value is -3.55. The molecule has 0 unspecified atom stereocenters. The first kappa shape index (κ1) is 15.0. The monoisotopic (exact) mass is 334 g/mol. The summed E-state index contributed by atoms with van der Waals surface area (Å²) in [4.78, 5) is 17.6. The van der Waals surface area contributed by atoms with Crippen LogP contribution in [-0.4, -0.2) is 31.0 Å². The summed E-state index contributed by atoms with van der Waals surface area (Å²) in [6.07, 6.45) is 1.69. The number of hydrogen-bond acceptors (Lipinski definition) is 6. The van der Waals surface area contributed by atoms with Gasteiger partial charge in [0.2, 0.25) is 5.91 Å². The number of fused-ring (bicyclic) bond motifs is 1. The van der Waals surface area contributed by atoms with Crippen molar-refractivity contribution in [1.29, 1.82) is 0 Å². The van der Waals surface area contributed by atoms with E-state index in [1.165, 1.54) is 4.80 Å². The molecule has 1 amide bonds. The normalized spacial score (nSPS) is 10.9. The fourth-order valence-electron chi connectivity index (χ4n) is 2.38. The summed E-state index contributed by atoms with van der Waals surface area (Å²) < 4.78 is 5.22. The predicted octanol–water partition coefficient (Wildman–Crippen LogP) is 1.80. The molecule has 3 aromatic heterocycles. The van der Waals surface area contributed by atoms with Crippen LogP contribution in [0, 0.1) is 0 Å². The van der Waals surface area contributed by atoms with Crippen LogP contribution in [0.5, 0.6) is 0 Å². The maximum Gasteiger partial charge on any atom is 0.243 e. The van der Waals surface area contributed by atoms with Crippen LogP contribution in [0.15, 0.2) is 59.3 Å². The molecule has 0 spiro atoms. The number of carbonyl (C=O) groups excluding carboxylic acids is 1. The minimum absolute atomic E-state index is 0.0376. The largest absolute Gasteiger partial charge is 0.359 e. The summed E-state index contributed by atoms with van der Waals surface area (Å²) in [5.41, 5.74) is 2.86. The number of nitrogens with one attached hydrogen (secondary N) is 1. The van der Waals surface area contributed by atoms with E-state index in [0.717, 1.165) is 16.7 Å². The van der Waals surface area contributed by atoms with Gasteiger partial charge in [0.1, 0.15) is 23.3 Å². The smallest absolute Gasteiger partial charge is 0.243 e. The van der Waals surface area contributed by atoms with Crippen molar-refractivity contribution >= 4 is 16.9 Å². The Labute approximate surface area is 142 Å². The van der Waals surface area contributed by atoms with Crippen LogP contribution in [0.4, 0.5) is 0 Å². The van der Waals surface area contributed by atoms with Crippen LogP contribution in [0.3, 0.4) is 0 Å². The lowest BCUT2D eigenvalue weighted by Crippen LogP contribution is -2.27. The van der Waals surface area contributed by atoms with Gasteiger partial charge in [0.25, 0.3) is 0 Å². The Balaban J connectivity index is 1.36. The zero-order valence-corrected chi connectivity index (χ0v) is 13.2. The molecule has 0 saturated heterocycles. The first-order chi connectivity index (χ1) is 12.3. The van der Waals surface area contributed by atoms with E-state index in [0.29, 0.717) is 11.5 Å². The molecule has 8 heteroatoms. The highest BCUT2D eigenvalue weighted by molar-refractivity contribution is 5.77. The van der Waals surface area contributed by atoms with Crippen LogP contribution < -0.4 is 5.32 Å². The first-order valence-corrected chi connectivity index (χ1v) is 7.71. The number of pyridine rings is 1. The molecule has 0 aliphatic heterocycles. The van der Waals surface area contributed by atoms with Gasteiger partial charge in [0.05, 0.1) is 12.2 Å². The lowest BCUT2D eigenvalue weighted by atomic mass is 10.2. The van der Waals surface area contributed by atoms with Crippen LogP contribution in [0.1, 0.15) is 5.76 Å². The van der Waals surface area contributed by atoms with E-state index in [2.05, 4.69) is 25.7 Å². The van der Waals surface area contributed by atoms with E-state index in [1.807, 2.05) is 42.5 Å². The Morgan fingerprint density at radius 1 is 1.04 bits per heavy atom. The molecule has 3 heterocycles. The summed E-state index contributed by atoms with van der Waals surface area (Å²) in [5, 5.41) is 15.2. The number of aromatic nitrogens is 5. The fraction of sp³-hybridized carbons (Fsp3) is 0.118. The second kappa shape index (κ2) is 6.52. The molecule has 1 N–H and O–H groups in total. The molecular formula is C17H14N6O2. The lowest BCUT2D eigenvalue weighted by Gasteiger charge is -2.01. The number of carbonyl (C=O) groups is 1. The van der Waals surface area contributed by atoms with Gasteiger partial charge in [-0.3, -0.25) is 9.78 Å². The van der Waals surface area contributed by atoms with Gasteiger partial charge in [-0.05, 0) is 24.3 Å².